The Kier molecular flexibility index (Phi) is 4.11. The molecule has 0 aromatic carbocycles. The maximum Gasteiger partial charge on any atom is 0.164 e. The van der Waals surface area contributed by atoms with Crippen LogP contribution >= 0.6 is 23.2 Å². The van der Waals surface area contributed by atoms with E-state index in [1.165, 1.54) is 0 Å². The Balaban J connectivity index is 1.96. The van der Waals surface area contributed by atoms with E-state index in [2.05, 4.69) is 6.08 Å². The van der Waals surface area contributed by atoms with Crippen LogP contribution in [-0.2, 0) is 4.79 Å². The Hall–Kier alpha value is -1.09. The normalized spacial score (nSPS) is 41.1. The van der Waals surface area contributed by atoms with E-state index in [9.17, 15) is 9.90 Å². The van der Waals surface area contributed by atoms with Crippen LogP contribution in [0.1, 0.15) is 25.7 Å². The van der Waals surface area contributed by atoms with Crippen LogP contribution in [0.25, 0.3) is 0 Å². The van der Waals surface area contributed by atoms with E-state index in [1.54, 1.807) is 0 Å². The number of ketones is 1. The SMILES string of the molecule is O=C1C2=C(C=CCC2Cl)C(O)(C2=CC=CCC2)C2C1CC=C[C@@H]2Cl. The van der Waals surface area contributed by atoms with E-state index in [0.717, 1.165) is 18.4 Å². The van der Waals surface area contributed by atoms with Crippen molar-refractivity contribution in [2.75, 3.05) is 0 Å². The molecule has 24 heavy (non-hydrogen) atoms. The van der Waals surface area contributed by atoms with Gasteiger partial charge in [-0.3, -0.25) is 4.79 Å². The number of allylic oxidation sites excluding steroid dienone is 7. The van der Waals surface area contributed by atoms with Crippen molar-refractivity contribution in [2.24, 2.45) is 11.8 Å². The average Bonchev–Trinajstić information content (AvgIpc) is 2.60. The third-order valence-corrected chi connectivity index (χ3v) is 6.53. The second-order valence-electron chi connectivity index (χ2n) is 6.96. The Bertz CT molecular complexity index is 728. The monoisotopic (exact) mass is 362 g/mol. The lowest BCUT2D eigenvalue weighted by atomic mass is 9.57. The largest absolute Gasteiger partial charge is 0.380 e. The van der Waals surface area contributed by atoms with Crippen molar-refractivity contribution in [3.8, 4) is 0 Å². The first-order valence-corrected chi connectivity index (χ1v) is 9.41. The van der Waals surface area contributed by atoms with Crippen molar-refractivity contribution >= 4 is 29.0 Å². The first kappa shape index (κ1) is 16.4. The fourth-order valence-electron chi connectivity index (χ4n) is 4.62. The van der Waals surface area contributed by atoms with Crippen molar-refractivity contribution in [3.05, 3.63) is 59.3 Å². The third-order valence-electron chi connectivity index (χ3n) is 5.72. The predicted molar refractivity (Wildman–Crippen MR) is 97.2 cm³/mol. The van der Waals surface area contributed by atoms with Gasteiger partial charge in [-0.15, -0.1) is 23.2 Å². The summed E-state index contributed by atoms with van der Waals surface area (Å²) in [5.74, 6) is -0.591. The zero-order chi connectivity index (χ0) is 16.9. The standard InChI is InChI=1S/C20H20Cl2O2/c21-15-10-5-9-14-17(15)19(23)13-8-4-11-16(22)18(13)20(14,24)12-6-2-1-3-7-12/h1-2,4-6,9,11,13,15-16,18,24H,3,7-8,10H2/t13?,15?,16-,18?,20?/m0/s1. The lowest BCUT2D eigenvalue weighted by Gasteiger charge is -2.51. The maximum atomic E-state index is 13.1. The molecule has 2 nitrogen and oxygen atoms in total. The molecule has 0 aromatic heterocycles. The van der Waals surface area contributed by atoms with Gasteiger partial charge in [0.05, 0.1) is 10.8 Å². The molecule has 126 valence electrons. The Labute approximate surface area is 152 Å². The number of halogens is 2. The number of Topliss-reactive ketones (excluding diaryl/α,β-unsaturated/α-hetero) is 1. The van der Waals surface area contributed by atoms with Crippen LogP contribution in [0.4, 0.5) is 0 Å². The molecule has 0 fully saturated rings. The molecule has 0 radical (unpaired) electrons. The molecule has 1 N–H and O–H groups in total. The van der Waals surface area contributed by atoms with Gasteiger partial charge in [-0.05, 0) is 36.8 Å². The van der Waals surface area contributed by atoms with Gasteiger partial charge in [-0.1, -0.05) is 42.5 Å². The molecule has 4 unspecified atom stereocenters. The molecule has 5 atom stereocenters. The van der Waals surface area contributed by atoms with Crippen LogP contribution < -0.4 is 0 Å². The summed E-state index contributed by atoms with van der Waals surface area (Å²) >= 11 is 13.1. The number of carbonyl (C=O) groups excluding carboxylic acids is 1. The van der Waals surface area contributed by atoms with Crippen LogP contribution in [0.2, 0.25) is 0 Å². The van der Waals surface area contributed by atoms with Gasteiger partial charge < -0.3 is 5.11 Å². The van der Waals surface area contributed by atoms with E-state index in [0.29, 0.717) is 24.0 Å². The number of aliphatic hydroxyl groups is 1. The van der Waals surface area contributed by atoms with Gasteiger partial charge in [-0.25, -0.2) is 0 Å². The maximum absolute atomic E-state index is 13.1. The summed E-state index contributed by atoms with van der Waals surface area (Å²) < 4.78 is 0. The molecule has 0 spiro atoms. The number of carbonyl (C=O) groups is 1. The zero-order valence-electron chi connectivity index (χ0n) is 13.3. The highest BCUT2D eigenvalue weighted by molar-refractivity contribution is 6.27. The molecule has 0 heterocycles. The van der Waals surface area contributed by atoms with E-state index < -0.39 is 5.60 Å². The topological polar surface area (TPSA) is 37.3 Å². The minimum atomic E-state index is -1.22. The summed E-state index contributed by atoms with van der Waals surface area (Å²) in [6.07, 6.45) is 16.7. The molecule has 0 bridgehead atoms. The second-order valence-corrected chi connectivity index (χ2v) is 7.99. The van der Waals surface area contributed by atoms with Crippen molar-refractivity contribution in [2.45, 2.75) is 42.0 Å². The van der Waals surface area contributed by atoms with Crippen LogP contribution in [0.3, 0.4) is 0 Å². The summed E-state index contributed by atoms with van der Waals surface area (Å²) in [4.78, 5) is 13.1. The highest BCUT2D eigenvalue weighted by Crippen LogP contribution is 2.53. The molecule has 4 rings (SSSR count). The van der Waals surface area contributed by atoms with E-state index in [4.69, 9.17) is 23.2 Å². The number of alkyl halides is 2. The predicted octanol–water partition coefficient (Wildman–Crippen LogP) is 4.24. The molecule has 0 aromatic rings. The highest BCUT2D eigenvalue weighted by atomic mass is 35.5. The van der Waals surface area contributed by atoms with Gasteiger partial charge >= 0.3 is 0 Å². The first-order chi connectivity index (χ1) is 11.5. The molecular weight excluding hydrogens is 343 g/mol. The molecule has 0 saturated carbocycles. The average molecular weight is 363 g/mol. The highest BCUT2D eigenvalue weighted by Gasteiger charge is 2.57. The lowest BCUT2D eigenvalue weighted by Crippen LogP contribution is -2.56. The Morgan fingerprint density at radius 2 is 2.00 bits per heavy atom. The summed E-state index contributed by atoms with van der Waals surface area (Å²) in [6, 6.07) is 0. The Morgan fingerprint density at radius 1 is 1.17 bits per heavy atom. The van der Waals surface area contributed by atoms with E-state index in [1.807, 2.05) is 36.5 Å². The van der Waals surface area contributed by atoms with Gasteiger partial charge in [0.1, 0.15) is 5.60 Å². The van der Waals surface area contributed by atoms with Crippen LogP contribution in [-0.4, -0.2) is 27.2 Å². The second kappa shape index (κ2) is 6.01. The Morgan fingerprint density at radius 3 is 2.75 bits per heavy atom. The van der Waals surface area contributed by atoms with E-state index in [-0.39, 0.29) is 28.4 Å². The quantitative estimate of drug-likeness (QED) is 0.559. The smallest absolute Gasteiger partial charge is 0.164 e. The fourth-order valence-corrected chi connectivity index (χ4v) is 5.41. The molecular formula is C20H20Cl2O2. The van der Waals surface area contributed by atoms with Gasteiger partial charge in [0, 0.05) is 17.4 Å². The van der Waals surface area contributed by atoms with Crippen LogP contribution in [0.5, 0.6) is 0 Å². The zero-order valence-corrected chi connectivity index (χ0v) is 14.8. The van der Waals surface area contributed by atoms with Gasteiger partial charge in [-0.2, -0.15) is 0 Å². The molecule has 4 heteroatoms. The van der Waals surface area contributed by atoms with E-state index >= 15 is 0 Å². The van der Waals surface area contributed by atoms with Crippen molar-refractivity contribution in [1.29, 1.82) is 0 Å². The van der Waals surface area contributed by atoms with Crippen molar-refractivity contribution < 1.29 is 9.90 Å². The summed E-state index contributed by atoms with van der Waals surface area (Å²) in [5.41, 5.74) is 0.983. The minimum absolute atomic E-state index is 0.0611. The van der Waals surface area contributed by atoms with Crippen molar-refractivity contribution in [1.82, 2.24) is 0 Å². The third kappa shape index (κ3) is 2.23. The lowest BCUT2D eigenvalue weighted by molar-refractivity contribution is -0.126. The van der Waals surface area contributed by atoms with Gasteiger partial charge in [0.15, 0.2) is 5.78 Å². The summed E-state index contributed by atoms with van der Waals surface area (Å²) in [5, 5.41) is 11.2. The van der Waals surface area contributed by atoms with Crippen molar-refractivity contribution in [3.63, 3.8) is 0 Å². The molecule has 4 aliphatic carbocycles. The number of rotatable bonds is 1. The van der Waals surface area contributed by atoms with Crippen LogP contribution in [0, 0.1) is 11.8 Å². The summed E-state index contributed by atoms with van der Waals surface area (Å²) in [6.45, 7) is 0. The fraction of sp³-hybridized carbons (Fsp3) is 0.450. The first-order valence-electron chi connectivity index (χ1n) is 8.54. The number of hydrogen-bond donors (Lipinski definition) is 1. The van der Waals surface area contributed by atoms with Crippen LogP contribution in [0.15, 0.2) is 59.3 Å². The summed E-state index contributed by atoms with van der Waals surface area (Å²) in [7, 11) is 0. The minimum Gasteiger partial charge on any atom is -0.380 e. The molecule has 4 aliphatic rings. The molecule has 0 amide bonds. The van der Waals surface area contributed by atoms with Gasteiger partial charge in [0.2, 0.25) is 0 Å². The number of fused-ring (bicyclic) bond motifs is 1. The number of hydrogen-bond acceptors (Lipinski definition) is 2. The molecule has 0 aliphatic heterocycles. The molecule has 0 saturated heterocycles. The van der Waals surface area contributed by atoms with Gasteiger partial charge in [0.25, 0.3) is 0 Å².